The Balaban J connectivity index is 0. The highest BCUT2D eigenvalue weighted by Crippen LogP contribution is 2.39. The van der Waals surface area contributed by atoms with Gasteiger partial charge in [-0.05, 0) is 47.5 Å². The van der Waals surface area contributed by atoms with Crippen LogP contribution in [-0.2, 0) is 20.9 Å². The molecule has 246 valence electrons. The molecule has 3 aromatic carbocycles. The number of benzene rings is 3. The van der Waals surface area contributed by atoms with Crippen LogP contribution in [0.15, 0.2) is 78.9 Å². The molecular weight excluding hydrogens is 574 g/mol. The van der Waals surface area contributed by atoms with Crippen LogP contribution in [-0.4, -0.2) is 24.7 Å². The van der Waals surface area contributed by atoms with Gasteiger partial charge in [0.2, 0.25) is 5.91 Å². The maximum Gasteiger partial charge on any atom is 0.422 e. The second-order valence-electron chi connectivity index (χ2n) is 7.93. The third kappa shape index (κ3) is 16.1. The first kappa shape index (κ1) is 42.3. The molecule has 4 rings (SSSR count). The van der Waals surface area contributed by atoms with Crippen molar-refractivity contribution in [3.63, 3.8) is 0 Å². The smallest absolute Gasteiger partial charge is 0.422 e. The molecule has 1 saturated heterocycles. The molecule has 1 heterocycles. The van der Waals surface area contributed by atoms with Crippen molar-refractivity contribution in [1.29, 1.82) is 0 Å². The molecule has 3 aromatic rings. The quantitative estimate of drug-likeness (QED) is 0.149. The van der Waals surface area contributed by atoms with Crippen molar-refractivity contribution in [2.24, 2.45) is 0 Å². The lowest BCUT2D eigenvalue weighted by Gasteiger charge is -2.40. The summed E-state index contributed by atoms with van der Waals surface area (Å²) < 4.78 is 56.5. The largest absolute Gasteiger partial charge is 0.489 e. The van der Waals surface area contributed by atoms with Crippen molar-refractivity contribution in [3.05, 3.63) is 95.8 Å². The maximum absolute atomic E-state index is 13.1. The number of hydrogen-bond acceptors (Lipinski definition) is 4. The number of ether oxygens (including phenoxy) is 2. The highest BCUT2D eigenvalue weighted by molar-refractivity contribution is 6.01. The molecule has 1 amide bonds. The Labute approximate surface area is 261 Å². The summed E-state index contributed by atoms with van der Waals surface area (Å²) >= 11 is 0. The number of rotatable bonds is 7. The summed E-state index contributed by atoms with van der Waals surface area (Å²) in [6.07, 6.45) is -3.98. The number of carbonyl (C=O) groups is 2. The first-order chi connectivity index (χ1) is 21.2. The number of hydrogen-bond donors (Lipinski definition) is 0. The Morgan fingerprint density at radius 2 is 1.34 bits per heavy atom. The molecule has 1 aliphatic heterocycles. The van der Waals surface area contributed by atoms with Crippen molar-refractivity contribution < 1.29 is 36.6 Å². The predicted molar refractivity (Wildman–Crippen MR) is 171 cm³/mol. The van der Waals surface area contributed by atoms with Gasteiger partial charge in [0, 0.05) is 12.1 Å². The van der Waals surface area contributed by atoms with E-state index in [0.717, 1.165) is 22.6 Å². The van der Waals surface area contributed by atoms with Crippen molar-refractivity contribution >= 4 is 17.6 Å². The molecule has 1 atom stereocenters. The molecule has 0 aliphatic carbocycles. The summed E-state index contributed by atoms with van der Waals surface area (Å²) in [5, 5.41) is 0. The molecule has 0 radical (unpaired) electrons. The molecule has 9 heteroatoms. The van der Waals surface area contributed by atoms with Gasteiger partial charge in [0.25, 0.3) is 0 Å². The maximum atomic E-state index is 13.1. The second-order valence-corrected chi connectivity index (χ2v) is 7.93. The minimum Gasteiger partial charge on any atom is -0.489 e. The first-order valence-corrected chi connectivity index (χ1v) is 15.2. The molecule has 0 saturated carbocycles. The molecule has 1 aliphatic rings. The number of nitrogens with zero attached hydrogens (tertiary/aromatic N) is 1. The molecular formula is C35H49F4NO4. The third-order valence-corrected chi connectivity index (χ3v) is 5.25. The number of β-lactam (4-membered cyclic amide) rings is 1. The van der Waals surface area contributed by atoms with Crippen LogP contribution < -0.4 is 9.64 Å². The highest BCUT2D eigenvalue weighted by Gasteiger charge is 2.38. The van der Waals surface area contributed by atoms with Gasteiger partial charge in [0.05, 0.1) is 12.5 Å². The molecule has 0 spiro atoms. The van der Waals surface area contributed by atoms with Gasteiger partial charge in [0.15, 0.2) is 6.61 Å². The Kier molecular flexibility index (Phi) is 23.6. The SMILES string of the molecule is CC.CC.CC.CC.CCC(=O)OCC(F)(F)F.O=C1C[C@@H](c2ccc(OCc3ccccc3)cc2)N1c1ccc(F)cc1. The third-order valence-electron chi connectivity index (χ3n) is 5.25. The standard InChI is InChI=1S/C22H18FNO2.C5H7F3O2.4C2H6/c23-18-8-10-19(11-9-18)24-21(14-22(24)25)17-6-12-20(13-7-17)26-15-16-4-2-1-3-5-16;1-2-4(9)10-3-5(6,7)8;4*1-2/h1-13,21H,14-15H2;2-3H2,1H3;4*1-2H3/t21-;;;;;/m0...../s1. The summed E-state index contributed by atoms with van der Waals surface area (Å²) in [5.74, 6) is -0.307. The van der Waals surface area contributed by atoms with Gasteiger partial charge in [-0.15, -0.1) is 0 Å². The lowest BCUT2D eigenvalue weighted by molar-refractivity contribution is -0.186. The number of alkyl halides is 3. The Morgan fingerprint density at radius 1 is 0.818 bits per heavy atom. The van der Waals surface area contributed by atoms with E-state index in [2.05, 4.69) is 4.74 Å². The van der Waals surface area contributed by atoms with Gasteiger partial charge in [-0.25, -0.2) is 4.39 Å². The van der Waals surface area contributed by atoms with Crippen LogP contribution in [0.25, 0.3) is 0 Å². The van der Waals surface area contributed by atoms with E-state index in [1.165, 1.54) is 19.1 Å². The van der Waals surface area contributed by atoms with E-state index in [-0.39, 0.29) is 24.2 Å². The van der Waals surface area contributed by atoms with Gasteiger partial charge in [-0.1, -0.05) is 105 Å². The number of anilines is 1. The van der Waals surface area contributed by atoms with Crippen LogP contribution in [0.1, 0.15) is 92.3 Å². The van der Waals surface area contributed by atoms with E-state index in [9.17, 15) is 27.2 Å². The van der Waals surface area contributed by atoms with Crippen LogP contribution in [0.4, 0.5) is 23.2 Å². The Bertz CT molecular complexity index is 1140. The van der Waals surface area contributed by atoms with Crippen molar-refractivity contribution in [1.82, 2.24) is 0 Å². The van der Waals surface area contributed by atoms with Crippen molar-refractivity contribution in [2.45, 2.75) is 94.0 Å². The zero-order chi connectivity index (χ0) is 34.1. The van der Waals surface area contributed by atoms with Crippen LogP contribution in [0, 0.1) is 5.82 Å². The topological polar surface area (TPSA) is 55.8 Å². The van der Waals surface area contributed by atoms with Gasteiger partial charge in [0.1, 0.15) is 18.2 Å². The molecule has 5 nitrogen and oxygen atoms in total. The molecule has 0 bridgehead atoms. The summed E-state index contributed by atoms with van der Waals surface area (Å²) in [6, 6.07) is 23.8. The number of amides is 1. The van der Waals surface area contributed by atoms with Crippen LogP contribution in [0.2, 0.25) is 0 Å². The van der Waals surface area contributed by atoms with Crippen molar-refractivity contribution in [2.75, 3.05) is 11.5 Å². The van der Waals surface area contributed by atoms with Gasteiger partial charge >= 0.3 is 12.1 Å². The summed E-state index contributed by atoms with van der Waals surface area (Å²) in [6.45, 7) is 16.5. The minimum atomic E-state index is -4.41. The molecule has 0 unspecified atom stereocenters. The fourth-order valence-corrected chi connectivity index (χ4v) is 3.40. The average molecular weight is 624 g/mol. The molecule has 0 N–H and O–H groups in total. The van der Waals surface area contributed by atoms with E-state index in [4.69, 9.17) is 4.74 Å². The highest BCUT2D eigenvalue weighted by atomic mass is 19.4. The van der Waals surface area contributed by atoms with Gasteiger partial charge < -0.3 is 14.4 Å². The van der Waals surface area contributed by atoms with Crippen LogP contribution >= 0.6 is 0 Å². The average Bonchev–Trinajstić information content (AvgIpc) is 3.07. The molecule has 1 fully saturated rings. The number of carbonyl (C=O) groups excluding carboxylic acids is 2. The zero-order valence-electron chi connectivity index (χ0n) is 27.5. The van der Waals surface area contributed by atoms with E-state index < -0.39 is 18.8 Å². The number of halogens is 4. The van der Waals surface area contributed by atoms with E-state index in [0.29, 0.717) is 13.0 Å². The lowest BCUT2D eigenvalue weighted by Crippen LogP contribution is -2.46. The summed E-state index contributed by atoms with van der Waals surface area (Å²) in [5.41, 5.74) is 2.88. The Hall–Kier alpha value is -3.88. The fraction of sp³-hybridized carbons (Fsp3) is 0.429. The summed E-state index contributed by atoms with van der Waals surface area (Å²) in [4.78, 5) is 23.9. The zero-order valence-corrected chi connectivity index (χ0v) is 27.5. The van der Waals surface area contributed by atoms with Crippen LogP contribution in [0.3, 0.4) is 0 Å². The van der Waals surface area contributed by atoms with E-state index in [1.54, 1.807) is 17.0 Å². The minimum absolute atomic E-state index is 0.0175. The second kappa shape index (κ2) is 24.6. The van der Waals surface area contributed by atoms with Gasteiger partial charge in [-0.2, -0.15) is 13.2 Å². The van der Waals surface area contributed by atoms with E-state index >= 15 is 0 Å². The number of esters is 1. The lowest BCUT2D eigenvalue weighted by atomic mass is 9.93. The predicted octanol–water partition coefficient (Wildman–Crippen LogP) is 10.5. The summed E-state index contributed by atoms with van der Waals surface area (Å²) in [7, 11) is 0. The fourth-order valence-electron chi connectivity index (χ4n) is 3.40. The first-order valence-electron chi connectivity index (χ1n) is 15.2. The van der Waals surface area contributed by atoms with Crippen LogP contribution in [0.5, 0.6) is 5.75 Å². The normalized spacial score (nSPS) is 12.7. The van der Waals surface area contributed by atoms with E-state index in [1.807, 2.05) is 110 Å². The van der Waals surface area contributed by atoms with Gasteiger partial charge in [-0.3, -0.25) is 9.59 Å². The monoisotopic (exact) mass is 623 g/mol. The van der Waals surface area contributed by atoms with Crippen molar-refractivity contribution in [3.8, 4) is 5.75 Å². The Morgan fingerprint density at radius 3 is 1.80 bits per heavy atom. The molecule has 0 aromatic heterocycles. The molecule has 44 heavy (non-hydrogen) atoms.